The van der Waals surface area contributed by atoms with Crippen LogP contribution < -0.4 is 25.1 Å². The van der Waals surface area contributed by atoms with Crippen molar-refractivity contribution in [1.29, 1.82) is 0 Å². The second-order valence-electron chi connectivity index (χ2n) is 9.45. The first-order valence-corrected chi connectivity index (χ1v) is 12.4. The number of fused-ring (bicyclic) bond motifs is 1. The Morgan fingerprint density at radius 3 is 2.34 bits per heavy atom. The van der Waals surface area contributed by atoms with Gasteiger partial charge in [-0.1, -0.05) is 36.4 Å². The van der Waals surface area contributed by atoms with Crippen LogP contribution in [0.25, 0.3) is 0 Å². The molecule has 4 aromatic rings. The van der Waals surface area contributed by atoms with Gasteiger partial charge in [-0.25, -0.2) is 0 Å². The third-order valence-corrected chi connectivity index (χ3v) is 7.23. The van der Waals surface area contributed by atoms with Crippen LogP contribution in [0.2, 0.25) is 0 Å². The van der Waals surface area contributed by atoms with Gasteiger partial charge in [0.1, 0.15) is 17.3 Å². The van der Waals surface area contributed by atoms with Crippen molar-refractivity contribution >= 4 is 11.6 Å². The molecule has 0 spiro atoms. The van der Waals surface area contributed by atoms with Crippen molar-refractivity contribution in [2.45, 2.75) is 24.7 Å². The monoisotopic (exact) mass is 509 g/mol. The van der Waals surface area contributed by atoms with Gasteiger partial charge in [0.05, 0.1) is 19.8 Å². The van der Waals surface area contributed by atoms with Gasteiger partial charge in [0.15, 0.2) is 17.3 Å². The number of rotatable bonds is 6. The Labute approximate surface area is 219 Å². The summed E-state index contributed by atoms with van der Waals surface area (Å²) in [6.07, 6.45) is 0.935. The van der Waals surface area contributed by atoms with Crippen LogP contribution in [0.5, 0.6) is 23.0 Å². The highest BCUT2D eigenvalue weighted by Crippen LogP contribution is 2.47. The lowest BCUT2D eigenvalue weighted by Gasteiger charge is -2.34. The van der Waals surface area contributed by atoms with Gasteiger partial charge >= 0.3 is 0 Å². The smallest absolute Gasteiger partial charge is 0.270 e. The zero-order chi connectivity index (χ0) is 26.2. The molecule has 0 fully saturated rings. The number of ether oxygens (including phenoxy) is 3. The molecule has 8 heteroatoms. The molecular formula is C30H27N3O5. The molecule has 0 saturated carbocycles. The van der Waals surface area contributed by atoms with Gasteiger partial charge in [0.2, 0.25) is 0 Å². The summed E-state index contributed by atoms with van der Waals surface area (Å²) in [5.74, 6) is 2.62. The molecule has 3 N–H and O–H groups in total. The molecule has 0 bridgehead atoms. The van der Waals surface area contributed by atoms with Crippen LogP contribution in [0.15, 0.2) is 88.9 Å². The quantitative estimate of drug-likeness (QED) is 0.318. The summed E-state index contributed by atoms with van der Waals surface area (Å²) >= 11 is 0. The van der Waals surface area contributed by atoms with Crippen molar-refractivity contribution in [2.24, 2.45) is 0 Å². The number of carbonyl (C=O) groups excluding carboxylic acids is 1. The van der Waals surface area contributed by atoms with E-state index < -0.39 is 5.92 Å². The Bertz CT molecular complexity index is 1600. The van der Waals surface area contributed by atoms with Gasteiger partial charge in [-0.2, -0.15) is 0 Å². The van der Waals surface area contributed by atoms with Crippen molar-refractivity contribution in [3.05, 3.63) is 111 Å². The van der Waals surface area contributed by atoms with E-state index in [4.69, 9.17) is 14.2 Å². The van der Waals surface area contributed by atoms with Gasteiger partial charge in [-0.3, -0.25) is 19.8 Å². The number of anilines is 1. The lowest BCUT2D eigenvalue weighted by atomic mass is 9.73. The number of methoxy groups -OCH3 is 2. The first kappa shape index (κ1) is 23.7. The zero-order valence-electron chi connectivity index (χ0n) is 21.0. The lowest BCUT2D eigenvalue weighted by molar-refractivity contribution is -0.116. The first-order chi connectivity index (χ1) is 18.6. The first-order valence-electron chi connectivity index (χ1n) is 12.4. The Morgan fingerprint density at radius 1 is 0.763 bits per heavy atom. The van der Waals surface area contributed by atoms with Crippen LogP contribution in [0, 0.1) is 0 Å². The predicted molar refractivity (Wildman–Crippen MR) is 143 cm³/mol. The third-order valence-electron chi connectivity index (χ3n) is 7.23. The van der Waals surface area contributed by atoms with Gasteiger partial charge < -0.3 is 19.5 Å². The van der Waals surface area contributed by atoms with Crippen molar-refractivity contribution in [2.75, 3.05) is 19.5 Å². The predicted octanol–water partition coefficient (Wildman–Crippen LogP) is 5.47. The number of allylic oxidation sites excluding steroid dienone is 2. The average molecular weight is 510 g/mol. The number of nitrogens with one attached hydrogen (secondary N) is 3. The van der Waals surface area contributed by atoms with Gasteiger partial charge in [-0.05, 0) is 59.9 Å². The van der Waals surface area contributed by atoms with Gasteiger partial charge in [0, 0.05) is 23.6 Å². The maximum atomic E-state index is 13.8. The van der Waals surface area contributed by atoms with E-state index >= 15 is 0 Å². The van der Waals surface area contributed by atoms with E-state index in [-0.39, 0.29) is 17.3 Å². The molecule has 1 aromatic heterocycles. The van der Waals surface area contributed by atoms with Crippen LogP contribution in [0.4, 0.5) is 5.82 Å². The zero-order valence-corrected chi connectivity index (χ0v) is 21.0. The fraction of sp³-hybridized carbons (Fsp3) is 0.200. The van der Waals surface area contributed by atoms with E-state index in [2.05, 4.69) is 15.5 Å². The number of benzene rings is 3. The summed E-state index contributed by atoms with van der Waals surface area (Å²) in [6, 6.07) is 22.8. The van der Waals surface area contributed by atoms with Crippen LogP contribution >= 0.6 is 0 Å². The molecule has 0 saturated heterocycles. The van der Waals surface area contributed by atoms with E-state index in [1.807, 2.05) is 72.8 Å². The number of Topliss-reactive ketones (excluding diaryl/α,β-unsaturated/α-hetero) is 1. The number of hydrogen-bond acceptors (Lipinski definition) is 6. The molecule has 6 rings (SSSR count). The average Bonchev–Trinajstić information content (AvgIpc) is 3.32. The second-order valence-corrected chi connectivity index (χ2v) is 9.45. The molecule has 8 nitrogen and oxygen atoms in total. The molecule has 0 amide bonds. The maximum Gasteiger partial charge on any atom is 0.270 e. The fourth-order valence-corrected chi connectivity index (χ4v) is 5.48. The SMILES string of the molecule is COc1ccc([C@@H]2CC(=O)C3=C(C2)Nc2[nH][nH]c(=O)c2[C@H]3c2cccc(Oc3ccccc3)c2)cc1OC. The Balaban J connectivity index is 1.40. The minimum absolute atomic E-state index is 0.00386. The summed E-state index contributed by atoms with van der Waals surface area (Å²) in [7, 11) is 3.20. The van der Waals surface area contributed by atoms with Crippen LogP contribution in [-0.2, 0) is 4.79 Å². The summed E-state index contributed by atoms with van der Waals surface area (Å²) in [4.78, 5) is 26.7. The highest BCUT2D eigenvalue weighted by molar-refractivity contribution is 6.01. The van der Waals surface area contributed by atoms with Crippen LogP contribution in [-0.4, -0.2) is 30.2 Å². The lowest BCUT2D eigenvalue weighted by Crippen LogP contribution is -2.31. The van der Waals surface area contributed by atoms with Crippen molar-refractivity contribution in [3.8, 4) is 23.0 Å². The van der Waals surface area contributed by atoms with E-state index in [0.29, 0.717) is 52.8 Å². The highest BCUT2D eigenvalue weighted by Gasteiger charge is 2.40. The van der Waals surface area contributed by atoms with Crippen LogP contribution in [0.1, 0.15) is 41.4 Å². The summed E-state index contributed by atoms with van der Waals surface area (Å²) in [6.45, 7) is 0. The molecule has 1 aliphatic heterocycles. The Morgan fingerprint density at radius 2 is 1.55 bits per heavy atom. The summed E-state index contributed by atoms with van der Waals surface area (Å²) < 4.78 is 16.9. The molecular weight excluding hydrogens is 482 g/mol. The minimum atomic E-state index is -0.519. The Kier molecular flexibility index (Phi) is 5.99. The van der Waals surface area contributed by atoms with Gasteiger partial charge in [0.25, 0.3) is 5.56 Å². The van der Waals surface area contributed by atoms with E-state index in [1.54, 1.807) is 14.2 Å². The molecule has 1 aliphatic carbocycles. The molecule has 38 heavy (non-hydrogen) atoms. The highest BCUT2D eigenvalue weighted by atomic mass is 16.5. The maximum absolute atomic E-state index is 13.8. The number of aromatic amines is 2. The molecule has 3 aromatic carbocycles. The second kappa shape index (κ2) is 9.63. The Hall–Kier alpha value is -4.72. The van der Waals surface area contributed by atoms with Crippen molar-refractivity contribution in [3.63, 3.8) is 0 Å². The molecule has 2 atom stereocenters. The molecule has 0 radical (unpaired) electrons. The van der Waals surface area contributed by atoms with E-state index in [9.17, 15) is 9.59 Å². The summed E-state index contributed by atoms with van der Waals surface area (Å²) in [5, 5.41) is 8.98. The van der Waals surface area contributed by atoms with Crippen molar-refractivity contribution < 1.29 is 19.0 Å². The molecule has 2 aliphatic rings. The van der Waals surface area contributed by atoms with Crippen molar-refractivity contribution in [1.82, 2.24) is 10.2 Å². The number of aromatic nitrogens is 2. The third kappa shape index (κ3) is 4.14. The van der Waals surface area contributed by atoms with E-state index in [0.717, 1.165) is 16.8 Å². The normalized spacial score (nSPS) is 18.3. The minimum Gasteiger partial charge on any atom is -0.493 e. The topological polar surface area (TPSA) is 105 Å². The summed E-state index contributed by atoms with van der Waals surface area (Å²) in [5.41, 5.74) is 3.48. The van der Waals surface area contributed by atoms with Gasteiger partial charge in [-0.15, -0.1) is 0 Å². The number of ketones is 1. The largest absolute Gasteiger partial charge is 0.493 e. The fourth-order valence-electron chi connectivity index (χ4n) is 5.48. The number of carbonyl (C=O) groups is 1. The van der Waals surface area contributed by atoms with E-state index in [1.165, 1.54) is 0 Å². The van der Waals surface area contributed by atoms with Crippen LogP contribution in [0.3, 0.4) is 0 Å². The number of para-hydroxylation sites is 1. The number of hydrogen-bond donors (Lipinski definition) is 3. The molecule has 2 heterocycles. The molecule has 0 unspecified atom stereocenters. The standard InChI is InChI=1S/C30H27N3O5/c1-36-24-12-11-17(16-25(24)37-2)19-14-22-27(23(34)15-19)26(28-29(31-22)32-33-30(28)35)18-7-6-10-21(13-18)38-20-8-4-3-5-9-20/h3-13,16,19,26H,14-15H2,1-2H3,(H3,31,32,33,35)/t19-,26-/m0/s1. The molecule has 192 valence electrons. The number of H-pyrrole nitrogens is 2.